The predicted molar refractivity (Wildman–Crippen MR) is 79.5 cm³/mol. The molecule has 0 saturated carbocycles. The number of hydrogen-bond donors (Lipinski definition) is 1. The van der Waals surface area contributed by atoms with Crippen LogP contribution in [0.5, 0.6) is 5.75 Å². The molecule has 4 nitrogen and oxygen atoms in total. The standard InChI is InChI=1S/C16H12N2O2/c19-16-8-7-12-4-1-2-6-14(12)15(16)11-18-17-10-13-5-3-9-20-13/h1-11,19H/b17-10+,18-11+. The zero-order valence-corrected chi connectivity index (χ0v) is 10.6. The fraction of sp³-hybridized carbons (Fsp3) is 0. The van der Waals surface area contributed by atoms with Crippen LogP contribution in [0.2, 0.25) is 0 Å². The zero-order valence-electron chi connectivity index (χ0n) is 10.6. The van der Waals surface area contributed by atoms with Crippen LogP contribution in [0, 0.1) is 0 Å². The van der Waals surface area contributed by atoms with Gasteiger partial charge in [0.05, 0.1) is 18.7 Å². The SMILES string of the molecule is Oc1ccc2ccccc2c1/C=N/N=C/c1ccco1. The molecule has 0 radical (unpaired) electrons. The minimum absolute atomic E-state index is 0.181. The number of furan rings is 1. The van der Waals surface area contributed by atoms with Gasteiger partial charge in [-0.1, -0.05) is 30.3 Å². The van der Waals surface area contributed by atoms with Gasteiger partial charge in [0.2, 0.25) is 0 Å². The molecule has 1 N–H and O–H groups in total. The molecule has 0 aliphatic heterocycles. The van der Waals surface area contributed by atoms with E-state index in [0.29, 0.717) is 11.3 Å². The summed E-state index contributed by atoms with van der Waals surface area (Å²) in [6.07, 6.45) is 4.62. The lowest BCUT2D eigenvalue weighted by atomic mass is 10.0. The predicted octanol–water partition coefficient (Wildman–Crippen LogP) is 3.59. The summed E-state index contributed by atoms with van der Waals surface area (Å²) in [5.74, 6) is 0.810. The first kappa shape index (κ1) is 12.2. The minimum atomic E-state index is 0.181. The number of nitrogens with zero attached hydrogens (tertiary/aromatic N) is 2. The first-order valence-corrected chi connectivity index (χ1v) is 6.15. The van der Waals surface area contributed by atoms with Gasteiger partial charge in [0, 0.05) is 5.56 Å². The largest absolute Gasteiger partial charge is 0.507 e. The maximum Gasteiger partial charge on any atom is 0.146 e. The third-order valence-electron chi connectivity index (χ3n) is 2.93. The van der Waals surface area contributed by atoms with Crippen molar-refractivity contribution in [2.24, 2.45) is 10.2 Å². The van der Waals surface area contributed by atoms with Crippen LogP contribution < -0.4 is 0 Å². The molecule has 3 rings (SSSR count). The Bertz CT molecular complexity index is 774. The second kappa shape index (κ2) is 5.40. The van der Waals surface area contributed by atoms with E-state index in [1.165, 1.54) is 12.4 Å². The van der Waals surface area contributed by atoms with Gasteiger partial charge in [-0.3, -0.25) is 0 Å². The molecule has 98 valence electrons. The molecule has 0 aliphatic carbocycles. The van der Waals surface area contributed by atoms with E-state index < -0.39 is 0 Å². The van der Waals surface area contributed by atoms with E-state index >= 15 is 0 Å². The van der Waals surface area contributed by atoms with E-state index in [1.54, 1.807) is 24.5 Å². The molecule has 4 heteroatoms. The second-order valence-corrected chi connectivity index (χ2v) is 4.22. The molecule has 0 saturated heterocycles. The van der Waals surface area contributed by atoms with Crippen LogP contribution in [0.4, 0.5) is 0 Å². The van der Waals surface area contributed by atoms with Crippen molar-refractivity contribution in [1.82, 2.24) is 0 Å². The molecule has 0 atom stereocenters. The molecule has 3 aromatic rings. The Balaban J connectivity index is 1.92. The van der Waals surface area contributed by atoms with Gasteiger partial charge in [-0.2, -0.15) is 10.2 Å². The highest BCUT2D eigenvalue weighted by Crippen LogP contribution is 2.25. The monoisotopic (exact) mass is 264 g/mol. The average molecular weight is 264 g/mol. The van der Waals surface area contributed by atoms with E-state index in [2.05, 4.69) is 10.2 Å². The van der Waals surface area contributed by atoms with Crippen molar-refractivity contribution >= 4 is 23.2 Å². The summed E-state index contributed by atoms with van der Waals surface area (Å²) >= 11 is 0. The van der Waals surface area contributed by atoms with Crippen LogP contribution in [0.3, 0.4) is 0 Å². The number of phenolic OH excluding ortho intramolecular Hbond substituents is 1. The summed E-state index contributed by atoms with van der Waals surface area (Å²) < 4.78 is 5.11. The number of aromatic hydroxyl groups is 1. The van der Waals surface area contributed by atoms with Crippen molar-refractivity contribution < 1.29 is 9.52 Å². The van der Waals surface area contributed by atoms with Crippen LogP contribution in [0.15, 0.2) is 69.4 Å². The van der Waals surface area contributed by atoms with Crippen molar-refractivity contribution in [1.29, 1.82) is 0 Å². The summed E-state index contributed by atoms with van der Waals surface area (Å²) in [6, 6.07) is 14.9. The number of fused-ring (bicyclic) bond motifs is 1. The Morgan fingerprint density at radius 1 is 0.900 bits per heavy atom. The van der Waals surface area contributed by atoms with Crippen molar-refractivity contribution in [2.75, 3.05) is 0 Å². The number of rotatable bonds is 3. The topological polar surface area (TPSA) is 58.1 Å². The fourth-order valence-electron chi connectivity index (χ4n) is 1.97. The molecule has 0 amide bonds. The maximum atomic E-state index is 9.93. The minimum Gasteiger partial charge on any atom is -0.507 e. The van der Waals surface area contributed by atoms with Gasteiger partial charge in [-0.25, -0.2) is 0 Å². The smallest absolute Gasteiger partial charge is 0.146 e. The molecule has 2 aromatic carbocycles. The summed E-state index contributed by atoms with van der Waals surface area (Å²) in [6.45, 7) is 0. The van der Waals surface area contributed by atoms with E-state index in [0.717, 1.165) is 10.8 Å². The van der Waals surface area contributed by atoms with Crippen LogP contribution in [-0.2, 0) is 0 Å². The molecule has 1 heterocycles. The normalized spacial score (nSPS) is 11.8. The quantitative estimate of drug-likeness (QED) is 0.580. The Hall–Kier alpha value is -2.88. The molecule has 1 aromatic heterocycles. The Morgan fingerprint density at radius 2 is 1.75 bits per heavy atom. The van der Waals surface area contributed by atoms with Crippen LogP contribution in [0.1, 0.15) is 11.3 Å². The highest BCUT2D eigenvalue weighted by Gasteiger charge is 2.03. The highest BCUT2D eigenvalue weighted by atomic mass is 16.3. The van der Waals surface area contributed by atoms with Crippen molar-refractivity contribution in [3.05, 3.63) is 66.1 Å². The van der Waals surface area contributed by atoms with Gasteiger partial charge in [-0.05, 0) is 29.0 Å². The van der Waals surface area contributed by atoms with E-state index in [9.17, 15) is 5.11 Å². The molecule has 0 bridgehead atoms. The molecular formula is C16H12N2O2. The van der Waals surface area contributed by atoms with E-state index in [1.807, 2.05) is 30.3 Å². The van der Waals surface area contributed by atoms with Crippen molar-refractivity contribution in [3.8, 4) is 5.75 Å². The first-order valence-electron chi connectivity index (χ1n) is 6.15. The molecule has 0 unspecified atom stereocenters. The highest BCUT2D eigenvalue weighted by molar-refractivity contribution is 6.02. The molecular weight excluding hydrogens is 252 g/mol. The molecule has 0 spiro atoms. The van der Waals surface area contributed by atoms with Gasteiger partial charge in [0.1, 0.15) is 11.5 Å². The van der Waals surface area contributed by atoms with Gasteiger partial charge >= 0.3 is 0 Å². The van der Waals surface area contributed by atoms with Gasteiger partial charge in [0.15, 0.2) is 0 Å². The molecule has 20 heavy (non-hydrogen) atoms. The average Bonchev–Trinajstić information content (AvgIpc) is 2.98. The second-order valence-electron chi connectivity index (χ2n) is 4.22. The van der Waals surface area contributed by atoms with Crippen LogP contribution in [-0.4, -0.2) is 17.5 Å². The lowest BCUT2D eigenvalue weighted by Crippen LogP contribution is -1.85. The maximum absolute atomic E-state index is 9.93. The Labute approximate surface area is 115 Å². The zero-order chi connectivity index (χ0) is 13.8. The van der Waals surface area contributed by atoms with Crippen LogP contribution in [0.25, 0.3) is 10.8 Å². The van der Waals surface area contributed by atoms with E-state index in [4.69, 9.17) is 4.42 Å². The number of benzene rings is 2. The third-order valence-corrected chi connectivity index (χ3v) is 2.93. The summed E-state index contributed by atoms with van der Waals surface area (Å²) in [5, 5.41) is 19.8. The van der Waals surface area contributed by atoms with Crippen molar-refractivity contribution in [2.45, 2.75) is 0 Å². The lowest BCUT2D eigenvalue weighted by molar-refractivity contribution is 0.475. The molecule has 0 fully saturated rings. The van der Waals surface area contributed by atoms with Gasteiger partial charge < -0.3 is 9.52 Å². The lowest BCUT2D eigenvalue weighted by Gasteiger charge is -2.03. The fourth-order valence-corrected chi connectivity index (χ4v) is 1.97. The summed E-state index contributed by atoms with van der Waals surface area (Å²) in [7, 11) is 0. The van der Waals surface area contributed by atoms with Gasteiger partial charge in [0.25, 0.3) is 0 Å². The Morgan fingerprint density at radius 3 is 2.60 bits per heavy atom. The van der Waals surface area contributed by atoms with Gasteiger partial charge in [-0.15, -0.1) is 0 Å². The Kier molecular flexibility index (Phi) is 3.29. The van der Waals surface area contributed by atoms with E-state index in [-0.39, 0.29) is 5.75 Å². The summed E-state index contributed by atoms with van der Waals surface area (Å²) in [5.41, 5.74) is 0.652. The van der Waals surface area contributed by atoms with Crippen LogP contribution >= 0.6 is 0 Å². The van der Waals surface area contributed by atoms with Crippen molar-refractivity contribution in [3.63, 3.8) is 0 Å². The third kappa shape index (κ3) is 2.44. The number of hydrogen-bond acceptors (Lipinski definition) is 4. The first-order chi connectivity index (χ1) is 9.84. The number of phenols is 1. The summed E-state index contributed by atoms with van der Waals surface area (Å²) in [4.78, 5) is 0. The molecule has 0 aliphatic rings.